The maximum atomic E-state index is 12.6. The van der Waals surface area contributed by atoms with Gasteiger partial charge in [-0.3, -0.25) is 4.79 Å². The summed E-state index contributed by atoms with van der Waals surface area (Å²) in [5.41, 5.74) is 6.77. The molecule has 1 amide bonds. The van der Waals surface area contributed by atoms with Crippen LogP contribution in [-0.4, -0.2) is 21.0 Å². The van der Waals surface area contributed by atoms with Gasteiger partial charge in [0.1, 0.15) is 11.4 Å². The zero-order chi connectivity index (χ0) is 19.2. The summed E-state index contributed by atoms with van der Waals surface area (Å²) in [5.74, 6) is -0.244. The van der Waals surface area contributed by atoms with Crippen molar-refractivity contribution in [3.63, 3.8) is 0 Å². The van der Waals surface area contributed by atoms with Crippen molar-refractivity contribution >= 4 is 11.6 Å². The first kappa shape index (κ1) is 17.5. The average molecular weight is 369 g/mol. The Morgan fingerprint density at radius 3 is 2.11 bits per heavy atom. The summed E-state index contributed by atoms with van der Waals surface area (Å²) in [6, 6.07) is 28.7. The van der Waals surface area contributed by atoms with Gasteiger partial charge in [0.2, 0.25) is 0 Å². The zero-order valence-corrected chi connectivity index (χ0v) is 15.1. The van der Waals surface area contributed by atoms with Gasteiger partial charge in [0, 0.05) is 16.8 Å². The molecule has 0 fully saturated rings. The van der Waals surface area contributed by atoms with Gasteiger partial charge in [-0.15, -0.1) is 5.10 Å². The topological polar surface area (TPSA) is 71.8 Å². The highest BCUT2D eigenvalue weighted by molar-refractivity contribution is 5.99. The Bertz CT molecular complexity index is 1050. The van der Waals surface area contributed by atoms with E-state index in [9.17, 15) is 4.79 Å². The smallest absolute Gasteiger partial charge is 0.271 e. The number of hydrogen-bond acceptors (Lipinski definition) is 4. The molecule has 6 heteroatoms. The molecule has 6 nitrogen and oxygen atoms in total. The summed E-state index contributed by atoms with van der Waals surface area (Å²) in [4.78, 5) is 14.0. The molecule has 0 spiro atoms. The Labute approximate surface area is 162 Å². The van der Waals surface area contributed by atoms with Gasteiger partial charge >= 0.3 is 0 Å². The Morgan fingerprint density at radius 1 is 0.821 bits per heavy atom. The Balaban J connectivity index is 1.64. The minimum atomic E-state index is -0.244. The van der Waals surface area contributed by atoms with E-state index in [0.717, 1.165) is 22.6 Å². The van der Waals surface area contributed by atoms with E-state index in [4.69, 9.17) is 0 Å². The minimum absolute atomic E-state index is 0.244. The van der Waals surface area contributed by atoms with Crippen molar-refractivity contribution in [1.29, 1.82) is 0 Å². The number of aromatic nitrogens is 3. The molecule has 138 valence electrons. The third kappa shape index (κ3) is 3.91. The van der Waals surface area contributed by atoms with E-state index < -0.39 is 0 Å². The van der Waals surface area contributed by atoms with Crippen LogP contribution in [0.2, 0.25) is 0 Å². The van der Waals surface area contributed by atoms with Gasteiger partial charge in [0.25, 0.3) is 5.91 Å². The van der Waals surface area contributed by atoms with Crippen LogP contribution >= 0.6 is 0 Å². The molecule has 0 aliphatic carbocycles. The third-order valence-corrected chi connectivity index (χ3v) is 4.29. The van der Waals surface area contributed by atoms with Crippen LogP contribution in [0.4, 0.5) is 5.69 Å². The van der Waals surface area contributed by atoms with Crippen LogP contribution in [0.25, 0.3) is 11.3 Å². The standard InChI is InChI=1S/C22H19N5O/c28-22(18-12-6-2-7-13-18)25-27-20(16-23-19-14-8-3-9-15-19)21(24-26-27)17-10-4-1-5-11-17/h1-15,23H,16H2,(H,25,28). The molecule has 2 N–H and O–H groups in total. The van der Waals surface area contributed by atoms with Crippen LogP contribution in [0, 0.1) is 0 Å². The molecular weight excluding hydrogens is 350 g/mol. The van der Waals surface area contributed by atoms with E-state index in [-0.39, 0.29) is 5.91 Å². The maximum absolute atomic E-state index is 12.6. The van der Waals surface area contributed by atoms with E-state index in [0.29, 0.717) is 12.1 Å². The first-order valence-corrected chi connectivity index (χ1v) is 8.96. The fourth-order valence-corrected chi connectivity index (χ4v) is 2.86. The molecule has 28 heavy (non-hydrogen) atoms. The second-order valence-electron chi connectivity index (χ2n) is 6.19. The molecule has 0 aliphatic rings. The molecule has 0 saturated carbocycles. The monoisotopic (exact) mass is 369 g/mol. The highest BCUT2D eigenvalue weighted by Gasteiger charge is 2.17. The van der Waals surface area contributed by atoms with E-state index in [2.05, 4.69) is 21.1 Å². The Kier molecular flexibility index (Phi) is 5.11. The largest absolute Gasteiger partial charge is 0.379 e. The molecule has 0 atom stereocenters. The molecule has 0 aliphatic heterocycles. The maximum Gasteiger partial charge on any atom is 0.271 e. The minimum Gasteiger partial charge on any atom is -0.379 e. The van der Waals surface area contributed by atoms with E-state index in [1.165, 1.54) is 4.79 Å². The van der Waals surface area contributed by atoms with Gasteiger partial charge in [-0.25, -0.2) is 5.43 Å². The Morgan fingerprint density at radius 2 is 1.43 bits per heavy atom. The predicted octanol–water partition coefficient (Wildman–Crippen LogP) is 3.94. The van der Waals surface area contributed by atoms with Crippen LogP contribution in [0.15, 0.2) is 91.0 Å². The van der Waals surface area contributed by atoms with Crippen molar-refractivity contribution in [3.05, 3.63) is 102 Å². The molecule has 0 saturated heterocycles. The van der Waals surface area contributed by atoms with Gasteiger partial charge in [-0.05, 0) is 29.5 Å². The second kappa shape index (κ2) is 8.18. The van der Waals surface area contributed by atoms with E-state index in [1.807, 2.05) is 78.9 Å². The molecule has 3 aromatic carbocycles. The zero-order valence-electron chi connectivity index (χ0n) is 15.1. The van der Waals surface area contributed by atoms with Gasteiger partial charge in [0.05, 0.1) is 6.54 Å². The molecule has 1 aromatic heterocycles. The molecular formula is C22H19N5O. The van der Waals surface area contributed by atoms with Crippen molar-refractivity contribution in [1.82, 2.24) is 15.1 Å². The van der Waals surface area contributed by atoms with Crippen LogP contribution < -0.4 is 10.7 Å². The summed E-state index contributed by atoms with van der Waals surface area (Å²) >= 11 is 0. The molecule has 4 rings (SSSR count). The average Bonchev–Trinajstić information content (AvgIpc) is 3.16. The summed E-state index contributed by atoms with van der Waals surface area (Å²) in [7, 11) is 0. The normalized spacial score (nSPS) is 10.4. The molecule has 0 bridgehead atoms. The van der Waals surface area contributed by atoms with E-state index in [1.54, 1.807) is 12.1 Å². The van der Waals surface area contributed by atoms with Crippen molar-refractivity contribution < 1.29 is 4.79 Å². The number of amides is 1. The van der Waals surface area contributed by atoms with Crippen LogP contribution in [0.5, 0.6) is 0 Å². The predicted molar refractivity (Wildman–Crippen MR) is 109 cm³/mol. The molecule has 0 unspecified atom stereocenters. The van der Waals surface area contributed by atoms with Crippen molar-refractivity contribution in [3.8, 4) is 11.3 Å². The fraction of sp³-hybridized carbons (Fsp3) is 0.0455. The molecule has 0 radical (unpaired) electrons. The summed E-state index contributed by atoms with van der Waals surface area (Å²) in [5, 5.41) is 11.8. The number of anilines is 1. The lowest BCUT2D eigenvalue weighted by atomic mass is 10.1. The Hall–Kier alpha value is -3.93. The van der Waals surface area contributed by atoms with Gasteiger partial charge in [0.15, 0.2) is 0 Å². The number of rotatable bonds is 6. The number of carbonyl (C=O) groups excluding carboxylic acids is 1. The number of nitrogens with zero attached hydrogens (tertiary/aromatic N) is 3. The lowest BCUT2D eigenvalue weighted by Gasteiger charge is -2.11. The van der Waals surface area contributed by atoms with Gasteiger partial charge < -0.3 is 5.32 Å². The lowest BCUT2D eigenvalue weighted by molar-refractivity contribution is 0.100. The number of hydrogen-bond donors (Lipinski definition) is 2. The fourth-order valence-electron chi connectivity index (χ4n) is 2.86. The van der Waals surface area contributed by atoms with Gasteiger partial charge in [-0.1, -0.05) is 66.7 Å². The SMILES string of the molecule is O=C(Nn1nnc(-c2ccccc2)c1CNc1ccccc1)c1ccccc1. The summed E-state index contributed by atoms with van der Waals surface area (Å²) in [6.45, 7) is 0.455. The number of para-hydroxylation sites is 1. The number of carbonyl (C=O) groups is 1. The van der Waals surface area contributed by atoms with Crippen molar-refractivity contribution in [2.75, 3.05) is 10.7 Å². The number of nitrogens with one attached hydrogen (secondary N) is 2. The summed E-state index contributed by atoms with van der Waals surface area (Å²) < 4.78 is 0. The number of benzene rings is 3. The first-order valence-electron chi connectivity index (χ1n) is 8.96. The highest BCUT2D eigenvalue weighted by atomic mass is 16.2. The van der Waals surface area contributed by atoms with Crippen molar-refractivity contribution in [2.45, 2.75) is 6.54 Å². The second-order valence-corrected chi connectivity index (χ2v) is 6.19. The van der Waals surface area contributed by atoms with Crippen LogP contribution in [-0.2, 0) is 6.54 Å². The third-order valence-electron chi connectivity index (χ3n) is 4.29. The quantitative estimate of drug-likeness (QED) is 0.540. The van der Waals surface area contributed by atoms with Gasteiger partial charge in [-0.2, -0.15) is 4.79 Å². The summed E-state index contributed by atoms with van der Waals surface area (Å²) in [6.07, 6.45) is 0. The molecule has 1 heterocycles. The first-order chi connectivity index (χ1) is 13.8. The van der Waals surface area contributed by atoms with Crippen LogP contribution in [0.1, 0.15) is 16.1 Å². The van der Waals surface area contributed by atoms with Crippen molar-refractivity contribution in [2.24, 2.45) is 0 Å². The van der Waals surface area contributed by atoms with E-state index >= 15 is 0 Å². The lowest BCUT2D eigenvalue weighted by Crippen LogP contribution is -2.26. The van der Waals surface area contributed by atoms with Crippen LogP contribution in [0.3, 0.4) is 0 Å². The molecule has 4 aromatic rings. The highest BCUT2D eigenvalue weighted by Crippen LogP contribution is 2.21.